The number of fused-ring (bicyclic) bond motifs is 1. The fourth-order valence-corrected chi connectivity index (χ4v) is 2.62. The Morgan fingerprint density at radius 1 is 1.24 bits per heavy atom. The van der Waals surface area contributed by atoms with Gasteiger partial charge < -0.3 is 15.0 Å². The molecule has 0 fully saturated rings. The van der Waals surface area contributed by atoms with Crippen LogP contribution in [0.1, 0.15) is 17.7 Å². The van der Waals surface area contributed by atoms with Crippen molar-refractivity contribution in [2.24, 2.45) is 0 Å². The lowest BCUT2D eigenvalue weighted by molar-refractivity contribution is 0.322. The molecule has 2 heterocycles. The van der Waals surface area contributed by atoms with E-state index in [1.807, 2.05) is 25.4 Å². The van der Waals surface area contributed by atoms with Crippen molar-refractivity contribution in [1.82, 2.24) is 10.3 Å². The molecule has 2 aromatic rings. The van der Waals surface area contributed by atoms with Gasteiger partial charge in [0.25, 0.3) is 0 Å². The first kappa shape index (κ1) is 13.9. The van der Waals surface area contributed by atoms with Crippen molar-refractivity contribution in [1.29, 1.82) is 0 Å². The molecule has 4 nitrogen and oxygen atoms in total. The minimum Gasteiger partial charge on any atom is -0.491 e. The van der Waals surface area contributed by atoms with Crippen LogP contribution in [0.25, 0.3) is 0 Å². The van der Waals surface area contributed by atoms with Gasteiger partial charge in [-0.05, 0) is 37.2 Å². The van der Waals surface area contributed by atoms with Crippen molar-refractivity contribution in [3.05, 3.63) is 53.9 Å². The molecule has 0 saturated heterocycles. The van der Waals surface area contributed by atoms with E-state index in [0.29, 0.717) is 0 Å². The maximum Gasteiger partial charge on any atom is 0.142 e. The summed E-state index contributed by atoms with van der Waals surface area (Å²) in [6, 6.07) is 12.5. The Bertz CT molecular complexity index is 583. The first-order valence-corrected chi connectivity index (χ1v) is 7.42. The van der Waals surface area contributed by atoms with Crippen LogP contribution in [-0.2, 0) is 13.1 Å². The number of ether oxygens (including phenoxy) is 1. The summed E-state index contributed by atoms with van der Waals surface area (Å²) in [7, 11) is 1.95. The minimum atomic E-state index is 0.780. The Labute approximate surface area is 125 Å². The number of benzene rings is 1. The van der Waals surface area contributed by atoms with E-state index < -0.39 is 0 Å². The summed E-state index contributed by atoms with van der Waals surface area (Å²) in [5.74, 6) is 0.974. The van der Waals surface area contributed by atoms with Crippen LogP contribution in [-0.4, -0.2) is 25.2 Å². The van der Waals surface area contributed by atoms with Crippen molar-refractivity contribution in [2.75, 3.05) is 25.1 Å². The second-order valence-electron chi connectivity index (χ2n) is 5.28. The third kappa shape index (κ3) is 3.34. The molecule has 0 amide bonds. The Morgan fingerprint density at radius 2 is 2.14 bits per heavy atom. The monoisotopic (exact) mass is 283 g/mol. The van der Waals surface area contributed by atoms with E-state index >= 15 is 0 Å². The number of pyridine rings is 1. The zero-order chi connectivity index (χ0) is 14.5. The van der Waals surface area contributed by atoms with Gasteiger partial charge in [0.05, 0.1) is 24.5 Å². The van der Waals surface area contributed by atoms with E-state index in [4.69, 9.17) is 4.74 Å². The number of aromatic nitrogens is 1. The highest BCUT2D eigenvalue weighted by Crippen LogP contribution is 2.31. The molecule has 1 aromatic carbocycles. The molecule has 0 atom stereocenters. The summed E-state index contributed by atoms with van der Waals surface area (Å²) >= 11 is 0. The minimum absolute atomic E-state index is 0.780. The Hall–Kier alpha value is -2.07. The molecule has 0 unspecified atom stereocenters. The fourth-order valence-electron chi connectivity index (χ4n) is 2.62. The van der Waals surface area contributed by atoms with Crippen LogP contribution in [0.4, 0.5) is 5.69 Å². The van der Waals surface area contributed by atoms with Crippen molar-refractivity contribution in [3.8, 4) is 5.75 Å². The molecule has 1 N–H and O–H groups in total. The largest absolute Gasteiger partial charge is 0.491 e. The Morgan fingerprint density at radius 3 is 2.95 bits per heavy atom. The highest BCUT2D eigenvalue weighted by Gasteiger charge is 2.16. The number of nitrogens with zero attached hydrogens (tertiary/aromatic N) is 2. The van der Waals surface area contributed by atoms with Gasteiger partial charge in [-0.2, -0.15) is 0 Å². The maximum atomic E-state index is 5.80. The van der Waals surface area contributed by atoms with E-state index in [0.717, 1.165) is 49.8 Å². The number of nitrogens with one attached hydrogen (secondary N) is 1. The predicted octanol–water partition coefficient (Wildman–Crippen LogP) is 2.59. The maximum absolute atomic E-state index is 5.80. The van der Waals surface area contributed by atoms with Crippen LogP contribution in [0.15, 0.2) is 42.6 Å². The second kappa shape index (κ2) is 6.59. The van der Waals surface area contributed by atoms with Gasteiger partial charge >= 0.3 is 0 Å². The smallest absolute Gasteiger partial charge is 0.142 e. The molecule has 0 bridgehead atoms. The van der Waals surface area contributed by atoms with Gasteiger partial charge in [0.2, 0.25) is 0 Å². The molecular weight excluding hydrogens is 262 g/mol. The standard InChI is InChI=1S/C17H21N3O/c1-18-11-14-7-8-15(19-12-14)13-20-9-4-10-21-17-6-3-2-5-16(17)20/h2-3,5-8,12,18H,4,9-11,13H2,1H3. The van der Waals surface area contributed by atoms with E-state index in [-0.39, 0.29) is 0 Å². The zero-order valence-electron chi connectivity index (χ0n) is 12.4. The zero-order valence-corrected chi connectivity index (χ0v) is 12.4. The van der Waals surface area contributed by atoms with Crippen LogP contribution >= 0.6 is 0 Å². The van der Waals surface area contributed by atoms with Gasteiger partial charge in [-0.15, -0.1) is 0 Å². The topological polar surface area (TPSA) is 37.4 Å². The summed E-state index contributed by atoms with van der Waals surface area (Å²) in [4.78, 5) is 6.92. The highest BCUT2D eigenvalue weighted by molar-refractivity contribution is 5.59. The van der Waals surface area contributed by atoms with Gasteiger partial charge in [-0.25, -0.2) is 0 Å². The second-order valence-corrected chi connectivity index (χ2v) is 5.28. The summed E-state index contributed by atoms with van der Waals surface area (Å²) in [5.41, 5.74) is 3.46. The van der Waals surface area contributed by atoms with Crippen LogP contribution in [0.2, 0.25) is 0 Å². The first-order valence-electron chi connectivity index (χ1n) is 7.42. The van der Waals surface area contributed by atoms with Gasteiger partial charge in [0.15, 0.2) is 0 Å². The molecule has 1 aromatic heterocycles. The van der Waals surface area contributed by atoms with Crippen molar-refractivity contribution in [3.63, 3.8) is 0 Å². The number of para-hydroxylation sites is 2. The first-order chi connectivity index (χ1) is 10.4. The Balaban J connectivity index is 1.77. The van der Waals surface area contributed by atoms with Crippen LogP contribution < -0.4 is 15.0 Å². The molecule has 0 aliphatic carbocycles. The lowest BCUT2D eigenvalue weighted by Crippen LogP contribution is -2.23. The molecule has 4 heteroatoms. The van der Waals surface area contributed by atoms with Crippen molar-refractivity contribution >= 4 is 5.69 Å². The molecule has 0 radical (unpaired) electrons. The van der Waals surface area contributed by atoms with E-state index in [9.17, 15) is 0 Å². The lowest BCUT2D eigenvalue weighted by Gasteiger charge is -2.23. The predicted molar refractivity (Wildman–Crippen MR) is 84.6 cm³/mol. The SMILES string of the molecule is CNCc1ccc(CN2CCCOc3ccccc32)nc1. The van der Waals surface area contributed by atoms with Gasteiger partial charge in [0.1, 0.15) is 5.75 Å². The third-order valence-corrected chi connectivity index (χ3v) is 3.66. The molecule has 3 rings (SSSR count). The summed E-state index contributed by atoms with van der Waals surface area (Å²) in [6.45, 7) is 3.45. The Kier molecular flexibility index (Phi) is 4.36. The molecule has 1 aliphatic rings. The van der Waals surface area contributed by atoms with Crippen LogP contribution in [0.3, 0.4) is 0 Å². The van der Waals surface area contributed by atoms with E-state index in [1.54, 1.807) is 0 Å². The number of anilines is 1. The van der Waals surface area contributed by atoms with Gasteiger partial charge in [-0.3, -0.25) is 4.98 Å². The summed E-state index contributed by atoms with van der Waals surface area (Å²) in [5, 5.41) is 3.14. The number of hydrogen-bond acceptors (Lipinski definition) is 4. The van der Waals surface area contributed by atoms with E-state index in [2.05, 4.69) is 39.5 Å². The normalized spacial score (nSPS) is 14.2. The number of rotatable bonds is 4. The van der Waals surface area contributed by atoms with Gasteiger partial charge in [-0.1, -0.05) is 18.2 Å². The lowest BCUT2D eigenvalue weighted by atomic mass is 10.2. The average Bonchev–Trinajstić information content (AvgIpc) is 2.72. The summed E-state index contributed by atoms with van der Waals surface area (Å²) in [6.07, 6.45) is 2.98. The number of hydrogen-bond donors (Lipinski definition) is 1. The quantitative estimate of drug-likeness (QED) is 0.936. The molecule has 21 heavy (non-hydrogen) atoms. The molecule has 110 valence electrons. The fraction of sp³-hybridized carbons (Fsp3) is 0.353. The van der Waals surface area contributed by atoms with E-state index in [1.165, 1.54) is 5.56 Å². The highest BCUT2D eigenvalue weighted by atomic mass is 16.5. The summed E-state index contributed by atoms with van der Waals surface area (Å²) < 4.78 is 5.80. The molecule has 0 saturated carbocycles. The molecule has 0 spiro atoms. The van der Waals surface area contributed by atoms with Gasteiger partial charge in [0, 0.05) is 19.3 Å². The molecular formula is C17H21N3O. The van der Waals surface area contributed by atoms with Crippen molar-refractivity contribution < 1.29 is 4.74 Å². The third-order valence-electron chi connectivity index (χ3n) is 3.66. The van der Waals surface area contributed by atoms with Crippen molar-refractivity contribution in [2.45, 2.75) is 19.5 Å². The molecule has 1 aliphatic heterocycles. The van der Waals surface area contributed by atoms with Crippen LogP contribution in [0.5, 0.6) is 5.75 Å². The average molecular weight is 283 g/mol. The van der Waals surface area contributed by atoms with Crippen LogP contribution in [0, 0.1) is 0 Å².